The molecule has 0 unspecified atom stereocenters. The third-order valence-corrected chi connectivity index (χ3v) is 4.45. The van der Waals surface area contributed by atoms with Gasteiger partial charge in [-0.3, -0.25) is 4.79 Å². The van der Waals surface area contributed by atoms with Crippen molar-refractivity contribution in [2.45, 2.75) is 13.5 Å². The molecule has 8 heteroatoms. The molecule has 0 fully saturated rings. The van der Waals surface area contributed by atoms with Gasteiger partial charge in [0.05, 0.1) is 0 Å². The minimum absolute atomic E-state index is 0.217. The average Bonchev–Trinajstić information content (AvgIpc) is 3.16. The number of benzene rings is 2. The Hall–Kier alpha value is -3.32. The number of ether oxygens (including phenoxy) is 2. The van der Waals surface area contributed by atoms with E-state index in [9.17, 15) is 4.79 Å². The summed E-state index contributed by atoms with van der Waals surface area (Å²) in [7, 11) is 0. The Bertz CT molecular complexity index is 1040. The molecule has 0 radical (unpaired) electrons. The quantitative estimate of drug-likeness (QED) is 0.681. The van der Waals surface area contributed by atoms with E-state index in [0.29, 0.717) is 29.0 Å². The molecular weight excluding hydrogens is 380 g/mol. The first-order valence-electron chi connectivity index (χ1n) is 8.61. The molecule has 2 aromatic carbocycles. The highest BCUT2D eigenvalue weighted by Crippen LogP contribution is 2.32. The third-order valence-electron chi connectivity index (χ3n) is 4.21. The lowest BCUT2D eigenvalue weighted by Crippen LogP contribution is -2.24. The first-order valence-corrected chi connectivity index (χ1v) is 8.99. The molecule has 0 saturated heterocycles. The number of amides is 1. The van der Waals surface area contributed by atoms with Crippen molar-refractivity contribution in [1.82, 2.24) is 15.3 Å². The maximum Gasteiger partial charge on any atom is 0.270 e. The summed E-state index contributed by atoms with van der Waals surface area (Å²) in [5.74, 6) is 1.43. The molecule has 3 aromatic rings. The van der Waals surface area contributed by atoms with Gasteiger partial charge in [0, 0.05) is 23.5 Å². The van der Waals surface area contributed by atoms with E-state index in [1.54, 1.807) is 12.1 Å². The molecule has 0 bridgehead atoms. The number of nitrogens with one attached hydrogen (secondary N) is 2. The van der Waals surface area contributed by atoms with Gasteiger partial charge in [0.25, 0.3) is 5.91 Å². The molecule has 142 valence electrons. The number of halogens is 1. The van der Waals surface area contributed by atoms with Gasteiger partial charge in [-0.2, -0.15) is 0 Å². The van der Waals surface area contributed by atoms with Gasteiger partial charge in [0.15, 0.2) is 11.5 Å². The molecule has 1 aromatic heterocycles. The van der Waals surface area contributed by atoms with Crippen molar-refractivity contribution >= 4 is 29.1 Å². The lowest BCUT2D eigenvalue weighted by molar-refractivity contribution is 0.0946. The van der Waals surface area contributed by atoms with Crippen LogP contribution in [0.15, 0.2) is 48.7 Å². The number of nitrogens with zero attached hydrogens (tertiary/aromatic N) is 2. The number of hydrogen-bond donors (Lipinski definition) is 2. The van der Waals surface area contributed by atoms with Gasteiger partial charge in [-0.1, -0.05) is 17.7 Å². The highest BCUT2D eigenvalue weighted by Gasteiger charge is 2.14. The highest BCUT2D eigenvalue weighted by atomic mass is 35.5. The molecule has 28 heavy (non-hydrogen) atoms. The van der Waals surface area contributed by atoms with Crippen LogP contribution in [0.3, 0.4) is 0 Å². The van der Waals surface area contributed by atoms with Crippen LogP contribution in [0, 0.1) is 6.92 Å². The summed E-state index contributed by atoms with van der Waals surface area (Å²) >= 11 is 5.98. The first-order chi connectivity index (χ1) is 13.6. The zero-order chi connectivity index (χ0) is 19.5. The number of carbonyl (C=O) groups excluding carboxylic acids is 1. The lowest BCUT2D eigenvalue weighted by Gasteiger charge is -2.10. The van der Waals surface area contributed by atoms with Crippen LogP contribution in [0.1, 0.15) is 21.6 Å². The number of hydrogen-bond acceptors (Lipinski definition) is 6. The van der Waals surface area contributed by atoms with Crippen LogP contribution in [-0.4, -0.2) is 22.7 Å². The molecule has 0 spiro atoms. The van der Waals surface area contributed by atoms with Gasteiger partial charge >= 0.3 is 0 Å². The number of anilines is 2. The van der Waals surface area contributed by atoms with E-state index in [2.05, 4.69) is 20.6 Å². The molecule has 1 amide bonds. The van der Waals surface area contributed by atoms with Gasteiger partial charge in [-0.25, -0.2) is 9.97 Å². The Morgan fingerprint density at radius 2 is 2.00 bits per heavy atom. The highest BCUT2D eigenvalue weighted by molar-refractivity contribution is 6.30. The molecule has 1 aliphatic heterocycles. The predicted molar refractivity (Wildman–Crippen MR) is 105 cm³/mol. The molecule has 0 saturated carbocycles. The topological polar surface area (TPSA) is 85.4 Å². The van der Waals surface area contributed by atoms with Crippen LogP contribution >= 0.6 is 11.6 Å². The summed E-state index contributed by atoms with van der Waals surface area (Å²) in [5.41, 5.74) is 2.95. The van der Waals surface area contributed by atoms with Crippen LogP contribution in [0.2, 0.25) is 5.02 Å². The molecule has 0 atom stereocenters. The van der Waals surface area contributed by atoms with Gasteiger partial charge in [0.2, 0.25) is 12.7 Å². The van der Waals surface area contributed by atoms with Crippen LogP contribution in [0.5, 0.6) is 11.5 Å². The molecule has 0 aliphatic carbocycles. The van der Waals surface area contributed by atoms with E-state index >= 15 is 0 Å². The Morgan fingerprint density at radius 1 is 1.14 bits per heavy atom. The Kier molecular flexibility index (Phi) is 4.99. The maximum absolute atomic E-state index is 12.5. The van der Waals surface area contributed by atoms with Gasteiger partial charge in [-0.05, 0) is 54.4 Å². The minimum atomic E-state index is -0.295. The summed E-state index contributed by atoms with van der Waals surface area (Å²) < 4.78 is 10.6. The fourth-order valence-corrected chi connectivity index (χ4v) is 2.98. The second-order valence-electron chi connectivity index (χ2n) is 6.22. The fourth-order valence-electron chi connectivity index (χ4n) is 2.76. The molecule has 1 aliphatic rings. The van der Waals surface area contributed by atoms with Gasteiger partial charge in [-0.15, -0.1) is 0 Å². The Morgan fingerprint density at radius 3 is 2.86 bits per heavy atom. The average molecular weight is 397 g/mol. The second kappa shape index (κ2) is 7.74. The van der Waals surface area contributed by atoms with Crippen molar-refractivity contribution in [3.8, 4) is 11.5 Å². The van der Waals surface area contributed by atoms with E-state index in [1.165, 1.54) is 6.20 Å². The summed E-state index contributed by atoms with van der Waals surface area (Å²) in [5, 5.41) is 6.60. The maximum atomic E-state index is 12.5. The van der Waals surface area contributed by atoms with Crippen LogP contribution in [0.25, 0.3) is 0 Å². The van der Waals surface area contributed by atoms with Gasteiger partial charge in [0.1, 0.15) is 5.69 Å². The van der Waals surface area contributed by atoms with Crippen molar-refractivity contribution in [2.75, 3.05) is 12.1 Å². The normalized spacial score (nSPS) is 11.9. The monoisotopic (exact) mass is 396 g/mol. The summed E-state index contributed by atoms with van der Waals surface area (Å²) in [6.45, 7) is 2.49. The zero-order valence-electron chi connectivity index (χ0n) is 15.0. The molecular formula is C20H17ClN4O3. The summed E-state index contributed by atoms with van der Waals surface area (Å²) in [4.78, 5) is 20.9. The minimum Gasteiger partial charge on any atom is -0.454 e. The van der Waals surface area contributed by atoms with E-state index in [0.717, 1.165) is 16.8 Å². The molecule has 4 rings (SSSR count). The predicted octanol–water partition coefficient (Wildman–Crippen LogP) is 3.84. The number of rotatable bonds is 5. The molecule has 7 nitrogen and oxygen atoms in total. The van der Waals surface area contributed by atoms with E-state index in [-0.39, 0.29) is 18.4 Å². The van der Waals surface area contributed by atoms with Crippen LogP contribution in [0.4, 0.5) is 11.6 Å². The van der Waals surface area contributed by atoms with Crippen molar-refractivity contribution in [2.24, 2.45) is 0 Å². The van der Waals surface area contributed by atoms with E-state index < -0.39 is 0 Å². The van der Waals surface area contributed by atoms with Crippen molar-refractivity contribution < 1.29 is 14.3 Å². The van der Waals surface area contributed by atoms with E-state index in [4.69, 9.17) is 21.1 Å². The first kappa shape index (κ1) is 18.1. The molecule has 2 heterocycles. The summed E-state index contributed by atoms with van der Waals surface area (Å²) in [6, 6.07) is 12.6. The number of fused-ring (bicyclic) bond motifs is 1. The van der Waals surface area contributed by atoms with Crippen LogP contribution in [-0.2, 0) is 6.54 Å². The summed E-state index contributed by atoms with van der Waals surface area (Å²) in [6.07, 6.45) is 1.54. The number of carbonyl (C=O) groups is 1. The fraction of sp³-hybridized carbons (Fsp3) is 0.150. The lowest BCUT2D eigenvalue weighted by atomic mass is 10.2. The molecule has 2 N–H and O–H groups in total. The third kappa shape index (κ3) is 3.99. The SMILES string of the molecule is Cc1cc(Cl)ccc1Nc1nccc(C(=O)NCc2ccc3c(c2)OCO3)n1. The Balaban J connectivity index is 1.42. The van der Waals surface area contributed by atoms with Crippen LogP contribution < -0.4 is 20.1 Å². The van der Waals surface area contributed by atoms with E-state index in [1.807, 2.05) is 37.3 Å². The number of aromatic nitrogens is 2. The zero-order valence-corrected chi connectivity index (χ0v) is 15.8. The van der Waals surface area contributed by atoms with Crippen molar-refractivity contribution in [1.29, 1.82) is 0 Å². The van der Waals surface area contributed by atoms with Crippen molar-refractivity contribution in [3.05, 3.63) is 70.5 Å². The standard InChI is InChI=1S/C20H17ClN4O3/c1-12-8-14(21)3-4-15(12)24-20-22-7-6-16(25-20)19(26)23-10-13-2-5-17-18(9-13)28-11-27-17/h2-9H,10-11H2,1H3,(H,23,26)(H,22,24,25). The smallest absolute Gasteiger partial charge is 0.270 e. The Labute approximate surface area is 166 Å². The van der Waals surface area contributed by atoms with Gasteiger partial charge < -0.3 is 20.1 Å². The van der Waals surface area contributed by atoms with Crippen molar-refractivity contribution in [3.63, 3.8) is 0 Å². The second-order valence-corrected chi connectivity index (χ2v) is 6.66. The number of aryl methyl sites for hydroxylation is 1. The largest absolute Gasteiger partial charge is 0.454 e.